The van der Waals surface area contributed by atoms with E-state index in [4.69, 9.17) is 5.73 Å². The Bertz CT molecular complexity index is 555. The van der Waals surface area contributed by atoms with E-state index >= 15 is 0 Å². The van der Waals surface area contributed by atoms with Crippen molar-refractivity contribution in [3.63, 3.8) is 0 Å². The highest BCUT2D eigenvalue weighted by molar-refractivity contribution is 7.09. The van der Waals surface area contributed by atoms with Crippen molar-refractivity contribution in [2.75, 3.05) is 11.1 Å². The van der Waals surface area contributed by atoms with Gasteiger partial charge in [-0.2, -0.15) is 13.2 Å². The van der Waals surface area contributed by atoms with Crippen LogP contribution in [0.3, 0.4) is 0 Å². The molecule has 0 aliphatic heterocycles. The number of hydrogen-bond acceptors (Lipinski definition) is 6. The third kappa shape index (κ3) is 3.31. The van der Waals surface area contributed by atoms with Crippen LogP contribution in [0.4, 0.5) is 24.8 Å². The summed E-state index contributed by atoms with van der Waals surface area (Å²) in [7, 11) is 0. The third-order valence-corrected chi connectivity index (χ3v) is 3.14. The van der Waals surface area contributed by atoms with E-state index in [9.17, 15) is 13.2 Å². The maximum Gasteiger partial charge on any atom is 0.451 e. The Labute approximate surface area is 110 Å². The van der Waals surface area contributed by atoms with Crippen molar-refractivity contribution in [2.45, 2.75) is 19.1 Å². The van der Waals surface area contributed by atoms with Gasteiger partial charge in [0, 0.05) is 17.6 Å². The highest BCUT2D eigenvalue weighted by Gasteiger charge is 2.35. The van der Waals surface area contributed by atoms with E-state index in [1.54, 1.807) is 18.5 Å². The molecule has 5 nitrogen and oxygen atoms in total. The molecule has 0 radical (unpaired) electrons. The average Bonchev–Trinajstić information content (AvgIpc) is 2.80. The number of aromatic nitrogens is 3. The van der Waals surface area contributed by atoms with Gasteiger partial charge in [0.2, 0.25) is 5.82 Å². The van der Waals surface area contributed by atoms with Gasteiger partial charge in [-0.1, -0.05) is 0 Å². The SMILES string of the molecule is CC(Nc1cc(N)nc(C(F)(F)F)n1)c1nccs1. The van der Waals surface area contributed by atoms with E-state index in [2.05, 4.69) is 20.3 Å². The quantitative estimate of drug-likeness (QED) is 0.908. The van der Waals surface area contributed by atoms with Gasteiger partial charge in [0.25, 0.3) is 0 Å². The molecule has 1 unspecified atom stereocenters. The highest BCUT2D eigenvalue weighted by Crippen LogP contribution is 2.28. The van der Waals surface area contributed by atoms with E-state index in [0.29, 0.717) is 0 Å². The molecule has 0 aromatic carbocycles. The van der Waals surface area contributed by atoms with Crippen molar-refractivity contribution in [1.29, 1.82) is 0 Å². The summed E-state index contributed by atoms with van der Waals surface area (Å²) in [6, 6.07) is 0.981. The van der Waals surface area contributed by atoms with E-state index in [0.717, 1.165) is 5.01 Å². The molecule has 0 saturated carbocycles. The molecule has 0 saturated heterocycles. The fraction of sp³-hybridized carbons (Fsp3) is 0.300. The van der Waals surface area contributed by atoms with E-state index in [1.807, 2.05) is 0 Å². The van der Waals surface area contributed by atoms with Crippen molar-refractivity contribution < 1.29 is 13.2 Å². The lowest BCUT2D eigenvalue weighted by Crippen LogP contribution is -2.15. The standard InChI is InChI=1S/C10H10F3N5S/c1-5(8-15-2-3-19-8)16-7-4-6(14)17-9(18-7)10(11,12)13/h2-5H,1H3,(H3,14,16,17,18). The lowest BCUT2D eigenvalue weighted by Gasteiger charge is -2.13. The zero-order valence-electron chi connectivity index (χ0n) is 9.77. The molecular weight excluding hydrogens is 279 g/mol. The summed E-state index contributed by atoms with van der Waals surface area (Å²) in [6.45, 7) is 1.77. The summed E-state index contributed by atoms with van der Waals surface area (Å²) in [5.74, 6) is -1.49. The molecule has 0 aliphatic rings. The molecule has 2 heterocycles. The van der Waals surface area contributed by atoms with Crippen LogP contribution in [0.5, 0.6) is 0 Å². The zero-order chi connectivity index (χ0) is 14.0. The zero-order valence-corrected chi connectivity index (χ0v) is 10.6. The van der Waals surface area contributed by atoms with Crippen molar-refractivity contribution in [1.82, 2.24) is 15.0 Å². The fourth-order valence-corrected chi connectivity index (χ4v) is 2.04. The first-order valence-electron chi connectivity index (χ1n) is 5.24. The van der Waals surface area contributed by atoms with Crippen molar-refractivity contribution >= 4 is 23.0 Å². The Kier molecular flexibility index (Phi) is 3.56. The summed E-state index contributed by atoms with van der Waals surface area (Å²) in [5, 5.41) is 5.34. The van der Waals surface area contributed by atoms with Gasteiger partial charge >= 0.3 is 6.18 Å². The van der Waals surface area contributed by atoms with Crippen LogP contribution in [0.2, 0.25) is 0 Å². The molecule has 3 N–H and O–H groups in total. The number of thiazole rings is 1. The van der Waals surface area contributed by atoms with Crippen LogP contribution >= 0.6 is 11.3 Å². The Morgan fingerprint density at radius 3 is 2.68 bits per heavy atom. The Hall–Kier alpha value is -1.90. The first-order valence-corrected chi connectivity index (χ1v) is 6.12. The topological polar surface area (TPSA) is 76.7 Å². The van der Waals surface area contributed by atoms with Crippen LogP contribution in [0, 0.1) is 0 Å². The largest absolute Gasteiger partial charge is 0.451 e. The maximum atomic E-state index is 12.5. The van der Waals surface area contributed by atoms with Crippen LogP contribution in [0.25, 0.3) is 0 Å². The predicted octanol–water partition coefficient (Wildman–Crippen LogP) is 2.71. The average molecular weight is 289 g/mol. The van der Waals surface area contributed by atoms with Gasteiger partial charge in [-0.3, -0.25) is 0 Å². The molecule has 0 amide bonds. The van der Waals surface area contributed by atoms with Crippen LogP contribution in [-0.4, -0.2) is 15.0 Å². The lowest BCUT2D eigenvalue weighted by atomic mass is 10.3. The normalized spacial score (nSPS) is 13.3. The van der Waals surface area contributed by atoms with Crippen molar-refractivity contribution in [2.24, 2.45) is 0 Å². The fourth-order valence-electron chi connectivity index (χ4n) is 1.40. The van der Waals surface area contributed by atoms with Crippen molar-refractivity contribution in [3.05, 3.63) is 28.5 Å². The number of hydrogen-bond donors (Lipinski definition) is 2. The minimum absolute atomic E-state index is 0.0162. The van der Waals surface area contributed by atoms with Gasteiger partial charge in [-0.15, -0.1) is 11.3 Å². The number of alkyl halides is 3. The summed E-state index contributed by atoms with van der Waals surface area (Å²) >= 11 is 1.39. The van der Waals surface area contributed by atoms with E-state index < -0.39 is 12.0 Å². The van der Waals surface area contributed by atoms with Gasteiger partial charge in [0.15, 0.2) is 0 Å². The number of nitrogen functional groups attached to an aromatic ring is 1. The van der Waals surface area contributed by atoms with Gasteiger partial charge < -0.3 is 11.1 Å². The third-order valence-electron chi connectivity index (χ3n) is 2.19. The maximum absolute atomic E-state index is 12.5. The molecule has 0 fully saturated rings. The molecular formula is C10H10F3N5S. The van der Waals surface area contributed by atoms with E-state index in [1.165, 1.54) is 17.4 Å². The Morgan fingerprint density at radius 1 is 1.37 bits per heavy atom. The van der Waals surface area contributed by atoms with E-state index in [-0.39, 0.29) is 17.7 Å². The molecule has 9 heteroatoms. The summed E-state index contributed by atoms with van der Waals surface area (Å²) in [5.41, 5.74) is 5.35. The molecule has 2 rings (SSSR count). The molecule has 2 aromatic rings. The monoisotopic (exact) mass is 289 g/mol. The molecule has 1 atom stereocenters. The van der Waals surface area contributed by atoms with Crippen LogP contribution in [-0.2, 0) is 6.18 Å². The first-order chi connectivity index (χ1) is 8.86. The molecule has 0 spiro atoms. The number of nitrogens with zero attached hydrogens (tertiary/aromatic N) is 3. The van der Waals surface area contributed by atoms with Crippen LogP contribution in [0.15, 0.2) is 17.6 Å². The van der Waals surface area contributed by atoms with Gasteiger partial charge in [-0.25, -0.2) is 15.0 Å². The van der Waals surface area contributed by atoms with Crippen LogP contribution < -0.4 is 11.1 Å². The number of halogens is 3. The number of anilines is 2. The second-order valence-electron chi connectivity index (χ2n) is 3.74. The molecule has 0 bridgehead atoms. The minimum atomic E-state index is -4.63. The first kappa shape index (κ1) is 13.5. The second-order valence-corrected chi connectivity index (χ2v) is 4.66. The number of nitrogens with one attached hydrogen (secondary N) is 1. The summed E-state index contributed by atoms with van der Waals surface area (Å²) in [4.78, 5) is 10.6. The van der Waals surface area contributed by atoms with Crippen LogP contribution in [0.1, 0.15) is 23.8 Å². The molecule has 2 aromatic heterocycles. The van der Waals surface area contributed by atoms with Gasteiger partial charge in [0.05, 0.1) is 6.04 Å². The van der Waals surface area contributed by atoms with Gasteiger partial charge in [-0.05, 0) is 6.92 Å². The highest BCUT2D eigenvalue weighted by atomic mass is 32.1. The Morgan fingerprint density at radius 2 is 2.11 bits per heavy atom. The Balaban J connectivity index is 2.23. The van der Waals surface area contributed by atoms with Gasteiger partial charge in [0.1, 0.15) is 16.6 Å². The molecule has 102 valence electrons. The smallest absolute Gasteiger partial charge is 0.384 e. The summed E-state index contributed by atoms with van der Waals surface area (Å²) < 4.78 is 37.6. The summed E-state index contributed by atoms with van der Waals surface area (Å²) in [6.07, 6.45) is -3.01. The predicted molar refractivity (Wildman–Crippen MR) is 65.6 cm³/mol. The molecule has 0 aliphatic carbocycles. The molecule has 19 heavy (non-hydrogen) atoms. The number of nitrogens with two attached hydrogens (primary N) is 1. The number of rotatable bonds is 3. The second kappa shape index (κ2) is 5.00. The lowest BCUT2D eigenvalue weighted by molar-refractivity contribution is -0.144. The van der Waals surface area contributed by atoms with Crippen molar-refractivity contribution in [3.8, 4) is 0 Å². The minimum Gasteiger partial charge on any atom is -0.384 e.